The van der Waals surface area contributed by atoms with Gasteiger partial charge in [-0.05, 0) is 11.6 Å². The molecular weight excluding hydrogens is 398 g/mol. The standard InChI is InChI=1S/C19H21N3O6S/c1-2-12-20-14-19(18(23)24,13-15-8-4-3-5-9-15)21-29(27,28)17-11-7-6-10-16(17)22(25)26/h2-11,20-21H,1,12-14H2,(H,23,24)/t19-/m0/s1. The van der Waals surface area contributed by atoms with E-state index < -0.39 is 37.0 Å². The van der Waals surface area contributed by atoms with Crippen LogP contribution in [0.2, 0.25) is 0 Å². The number of aliphatic carboxylic acids is 1. The summed E-state index contributed by atoms with van der Waals surface area (Å²) in [6, 6.07) is 13.3. The first-order valence-electron chi connectivity index (χ1n) is 8.58. The summed E-state index contributed by atoms with van der Waals surface area (Å²) >= 11 is 0. The Labute approximate surface area is 168 Å². The normalized spacial score (nSPS) is 13.4. The topological polar surface area (TPSA) is 139 Å². The molecule has 3 N–H and O–H groups in total. The summed E-state index contributed by atoms with van der Waals surface area (Å²) in [5.74, 6) is -1.42. The Kier molecular flexibility index (Phi) is 7.21. The van der Waals surface area contributed by atoms with Crippen LogP contribution in [0.25, 0.3) is 0 Å². The zero-order valence-electron chi connectivity index (χ0n) is 15.4. The number of rotatable bonds is 11. The van der Waals surface area contributed by atoms with Crippen molar-refractivity contribution in [3.63, 3.8) is 0 Å². The minimum atomic E-state index is -4.53. The molecule has 0 saturated heterocycles. The van der Waals surface area contributed by atoms with Gasteiger partial charge in [-0.25, -0.2) is 8.42 Å². The number of carboxylic acid groups (broad SMARTS) is 1. The third-order valence-corrected chi connectivity index (χ3v) is 5.74. The molecule has 0 aliphatic carbocycles. The molecule has 0 saturated carbocycles. The number of carbonyl (C=O) groups is 1. The lowest BCUT2D eigenvalue weighted by Gasteiger charge is -2.30. The van der Waals surface area contributed by atoms with Gasteiger partial charge in [-0.15, -0.1) is 6.58 Å². The van der Waals surface area contributed by atoms with Crippen LogP contribution in [0.3, 0.4) is 0 Å². The van der Waals surface area contributed by atoms with E-state index in [0.717, 1.165) is 12.1 Å². The first kappa shape index (κ1) is 22.2. The van der Waals surface area contributed by atoms with E-state index in [0.29, 0.717) is 5.56 Å². The van der Waals surface area contributed by atoms with Crippen LogP contribution in [-0.2, 0) is 21.2 Å². The first-order chi connectivity index (χ1) is 13.7. The van der Waals surface area contributed by atoms with Crippen LogP contribution in [0.5, 0.6) is 0 Å². The smallest absolute Gasteiger partial charge is 0.326 e. The van der Waals surface area contributed by atoms with Gasteiger partial charge in [-0.1, -0.05) is 48.5 Å². The molecule has 0 fully saturated rings. The molecule has 0 heterocycles. The lowest BCUT2D eigenvalue weighted by Crippen LogP contribution is -2.61. The molecule has 0 amide bonds. The molecule has 2 rings (SSSR count). The van der Waals surface area contributed by atoms with E-state index in [1.807, 2.05) is 0 Å². The number of para-hydroxylation sites is 1. The van der Waals surface area contributed by atoms with E-state index in [9.17, 15) is 28.4 Å². The molecule has 0 radical (unpaired) electrons. The Morgan fingerprint density at radius 1 is 1.17 bits per heavy atom. The van der Waals surface area contributed by atoms with E-state index in [-0.39, 0.29) is 19.5 Å². The molecule has 0 aliphatic rings. The lowest BCUT2D eigenvalue weighted by molar-refractivity contribution is -0.387. The third-order valence-electron chi connectivity index (χ3n) is 4.15. The quantitative estimate of drug-likeness (QED) is 0.218. The molecular formula is C19H21N3O6S. The summed E-state index contributed by atoms with van der Waals surface area (Å²) in [4.78, 5) is 22.0. The lowest BCUT2D eigenvalue weighted by atomic mass is 9.91. The molecule has 0 aliphatic heterocycles. The van der Waals surface area contributed by atoms with E-state index in [2.05, 4.69) is 16.6 Å². The second-order valence-electron chi connectivity index (χ2n) is 6.30. The molecule has 29 heavy (non-hydrogen) atoms. The molecule has 154 valence electrons. The van der Waals surface area contributed by atoms with Gasteiger partial charge in [-0.2, -0.15) is 4.72 Å². The Bertz CT molecular complexity index is 994. The Hall–Kier alpha value is -3.08. The third kappa shape index (κ3) is 5.47. The van der Waals surface area contributed by atoms with Crippen molar-refractivity contribution in [2.24, 2.45) is 0 Å². The van der Waals surface area contributed by atoms with Gasteiger partial charge in [0.1, 0.15) is 5.54 Å². The summed E-state index contributed by atoms with van der Waals surface area (Å²) < 4.78 is 28.1. The second kappa shape index (κ2) is 9.41. The van der Waals surface area contributed by atoms with Crippen molar-refractivity contribution >= 4 is 21.7 Å². The number of nitrogens with one attached hydrogen (secondary N) is 2. The van der Waals surface area contributed by atoms with Crippen molar-refractivity contribution in [1.29, 1.82) is 0 Å². The van der Waals surface area contributed by atoms with Gasteiger partial charge >= 0.3 is 5.97 Å². The number of hydrogen-bond donors (Lipinski definition) is 3. The van der Waals surface area contributed by atoms with Crippen LogP contribution < -0.4 is 10.0 Å². The maximum absolute atomic E-state index is 13.0. The largest absolute Gasteiger partial charge is 0.480 e. The van der Waals surface area contributed by atoms with Crippen molar-refractivity contribution in [2.75, 3.05) is 13.1 Å². The highest BCUT2D eigenvalue weighted by Gasteiger charge is 2.43. The Morgan fingerprint density at radius 3 is 2.38 bits per heavy atom. The number of nitrogens with zero attached hydrogens (tertiary/aromatic N) is 1. The zero-order valence-corrected chi connectivity index (χ0v) is 16.3. The van der Waals surface area contributed by atoms with Crippen LogP contribution in [-0.4, -0.2) is 43.0 Å². The van der Waals surface area contributed by atoms with Crippen LogP contribution in [0, 0.1) is 10.1 Å². The number of benzene rings is 2. The van der Waals surface area contributed by atoms with Crippen molar-refractivity contribution < 1.29 is 23.2 Å². The average molecular weight is 419 g/mol. The average Bonchev–Trinajstić information content (AvgIpc) is 2.68. The summed E-state index contributed by atoms with van der Waals surface area (Å²) in [5.41, 5.74) is -2.04. The van der Waals surface area contributed by atoms with E-state index in [1.165, 1.54) is 18.2 Å². The van der Waals surface area contributed by atoms with E-state index in [1.54, 1.807) is 30.3 Å². The van der Waals surface area contributed by atoms with Gasteiger partial charge in [0.15, 0.2) is 4.90 Å². The van der Waals surface area contributed by atoms with E-state index in [4.69, 9.17) is 0 Å². The van der Waals surface area contributed by atoms with Crippen LogP contribution >= 0.6 is 0 Å². The van der Waals surface area contributed by atoms with Gasteiger partial charge in [0.25, 0.3) is 5.69 Å². The molecule has 0 bridgehead atoms. The number of hydrogen-bond acceptors (Lipinski definition) is 6. The van der Waals surface area contributed by atoms with Crippen molar-refractivity contribution in [2.45, 2.75) is 16.9 Å². The maximum Gasteiger partial charge on any atom is 0.326 e. The van der Waals surface area contributed by atoms with E-state index >= 15 is 0 Å². The predicted octanol–water partition coefficient (Wildman–Crippen LogP) is 1.71. The zero-order chi connectivity index (χ0) is 21.5. The minimum Gasteiger partial charge on any atom is -0.480 e. The molecule has 0 aromatic heterocycles. The monoisotopic (exact) mass is 419 g/mol. The number of sulfonamides is 1. The fraction of sp³-hybridized carbons (Fsp3) is 0.211. The Morgan fingerprint density at radius 2 is 1.79 bits per heavy atom. The number of carboxylic acids is 1. The van der Waals surface area contributed by atoms with Crippen LogP contribution in [0.1, 0.15) is 5.56 Å². The molecule has 9 nitrogen and oxygen atoms in total. The van der Waals surface area contributed by atoms with Crippen molar-refractivity contribution in [3.8, 4) is 0 Å². The second-order valence-corrected chi connectivity index (χ2v) is 7.95. The molecule has 2 aromatic carbocycles. The van der Waals surface area contributed by atoms with Gasteiger partial charge in [0.2, 0.25) is 10.0 Å². The molecule has 10 heteroatoms. The Balaban J connectivity index is 2.51. The summed E-state index contributed by atoms with van der Waals surface area (Å²) in [6.45, 7) is 3.52. The fourth-order valence-corrected chi connectivity index (χ4v) is 4.34. The highest BCUT2D eigenvalue weighted by atomic mass is 32.2. The summed E-state index contributed by atoms with van der Waals surface area (Å²) in [6.07, 6.45) is 1.33. The number of nitro groups is 1. The molecule has 0 spiro atoms. The van der Waals surface area contributed by atoms with Crippen LogP contribution in [0.15, 0.2) is 72.1 Å². The molecule has 0 unspecified atom stereocenters. The van der Waals surface area contributed by atoms with Gasteiger partial charge in [0, 0.05) is 25.6 Å². The first-order valence-corrected chi connectivity index (χ1v) is 10.1. The SMILES string of the molecule is C=CCNC[C@](Cc1ccccc1)(NS(=O)(=O)c1ccccc1[N+](=O)[O-])C(=O)O. The van der Waals surface area contributed by atoms with Crippen molar-refractivity contribution in [1.82, 2.24) is 10.0 Å². The summed E-state index contributed by atoms with van der Waals surface area (Å²) in [5, 5.41) is 24.0. The van der Waals surface area contributed by atoms with Crippen LogP contribution in [0.4, 0.5) is 5.69 Å². The molecule has 1 atom stereocenters. The highest BCUT2D eigenvalue weighted by Crippen LogP contribution is 2.25. The molecule has 2 aromatic rings. The van der Waals surface area contributed by atoms with Crippen molar-refractivity contribution in [3.05, 3.63) is 82.9 Å². The number of nitro benzene ring substituents is 1. The summed E-state index contributed by atoms with van der Waals surface area (Å²) in [7, 11) is -4.53. The van der Waals surface area contributed by atoms with Gasteiger partial charge in [-0.3, -0.25) is 14.9 Å². The maximum atomic E-state index is 13.0. The predicted molar refractivity (Wildman–Crippen MR) is 107 cm³/mol. The minimum absolute atomic E-state index is 0.173. The fourth-order valence-electron chi connectivity index (χ4n) is 2.81. The van der Waals surface area contributed by atoms with Gasteiger partial charge < -0.3 is 10.4 Å². The van der Waals surface area contributed by atoms with Gasteiger partial charge in [0.05, 0.1) is 4.92 Å². The highest BCUT2D eigenvalue weighted by molar-refractivity contribution is 7.89.